The Balaban J connectivity index is 2.74. The fourth-order valence-electron chi connectivity index (χ4n) is 3.66. The minimum Gasteiger partial charge on any atom is -0.507 e. The van der Waals surface area contributed by atoms with E-state index in [1.165, 1.54) is 0 Å². The average Bonchev–Trinajstić information content (AvgIpc) is 2.54. The summed E-state index contributed by atoms with van der Waals surface area (Å²) in [4.78, 5) is 0. The summed E-state index contributed by atoms with van der Waals surface area (Å²) < 4.78 is 0. The third-order valence-corrected chi connectivity index (χ3v) is 4.82. The molecule has 0 saturated carbocycles. The molecule has 134 valence electrons. The number of allylic oxidation sites excluding steroid dienone is 2. The van der Waals surface area contributed by atoms with Gasteiger partial charge in [-0.15, -0.1) is 0 Å². The Morgan fingerprint density at radius 2 is 1.28 bits per heavy atom. The van der Waals surface area contributed by atoms with Gasteiger partial charge >= 0.3 is 0 Å². The van der Waals surface area contributed by atoms with E-state index in [1.807, 2.05) is 52.0 Å². The van der Waals surface area contributed by atoms with E-state index in [-0.39, 0.29) is 11.8 Å². The molecule has 0 bridgehead atoms. The van der Waals surface area contributed by atoms with Crippen molar-refractivity contribution in [3.63, 3.8) is 0 Å². The first-order chi connectivity index (χ1) is 11.8. The van der Waals surface area contributed by atoms with E-state index in [0.717, 1.165) is 39.8 Å². The molecular weight excluding hydrogens is 308 g/mol. The highest BCUT2D eigenvalue weighted by Crippen LogP contribution is 2.43. The lowest BCUT2D eigenvalue weighted by molar-refractivity contribution is 0.438. The molecule has 0 aliphatic carbocycles. The van der Waals surface area contributed by atoms with E-state index in [4.69, 9.17) is 0 Å². The molecular formula is C23H30O2. The Kier molecular flexibility index (Phi) is 5.94. The predicted octanol–water partition coefficient (Wildman–Crippen LogP) is 6.07. The van der Waals surface area contributed by atoms with Gasteiger partial charge in [-0.3, -0.25) is 0 Å². The van der Waals surface area contributed by atoms with Crippen molar-refractivity contribution in [2.45, 2.75) is 53.9 Å². The van der Waals surface area contributed by atoms with Crippen LogP contribution in [0.5, 0.6) is 11.5 Å². The van der Waals surface area contributed by atoms with Crippen molar-refractivity contribution < 1.29 is 10.2 Å². The van der Waals surface area contributed by atoms with Crippen LogP contribution in [0.4, 0.5) is 0 Å². The molecule has 0 heterocycles. The number of aromatic hydroxyl groups is 2. The van der Waals surface area contributed by atoms with Crippen LogP contribution in [0, 0.1) is 33.6 Å². The fourth-order valence-corrected chi connectivity index (χ4v) is 3.66. The summed E-state index contributed by atoms with van der Waals surface area (Å²) in [6, 6.07) is 8.06. The summed E-state index contributed by atoms with van der Waals surface area (Å²) in [7, 11) is 0. The first-order valence-electron chi connectivity index (χ1n) is 9.03. The Morgan fingerprint density at radius 1 is 0.840 bits per heavy atom. The largest absolute Gasteiger partial charge is 0.507 e. The van der Waals surface area contributed by atoms with Crippen LogP contribution in [-0.2, 0) is 0 Å². The number of aryl methyl sites for hydroxylation is 4. The van der Waals surface area contributed by atoms with Crippen LogP contribution >= 0.6 is 0 Å². The molecule has 0 saturated heterocycles. The first kappa shape index (κ1) is 19.1. The van der Waals surface area contributed by atoms with Crippen molar-refractivity contribution in [1.82, 2.24) is 0 Å². The molecule has 0 spiro atoms. The molecule has 1 unspecified atom stereocenters. The Morgan fingerprint density at radius 3 is 1.68 bits per heavy atom. The van der Waals surface area contributed by atoms with Crippen molar-refractivity contribution in [1.29, 1.82) is 0 Å². The van der Waals surface area contributed by atoms with Crippen LogP contribution in [0.3, 0.4) is 0 Å². The monoisotopic (exact) mass is 338 g/mol. The Bertz CT molecular complexity index is 730. The summed E-state index contributed by atoms with van der Waals surface area (Å²) in [6.07, 6.45) is 5.30. The van der Waals surface area contributed by atoms with E-state index in [9.17, 15) is 10.2 Å². The zero-order valence-corrected chi connectivity index (χ0v) is 16.2. The third-order valence-electron chi connectivity index (χ3n) is 4.82. The second-order valence-electron chi connectivity index (χ2n) is 7.21. The number of hydrogen-bond donors (Lipinski definition) is 2. The van der Waals surface area contributed by atoms with E-state index >= 15 is 0 Å². The summed E-state index contributed by atoms with van der Waals surface area (Å²) in [6.45, 7) is 12.2. The van der Waals surface area contributed by atoms with Gasteiger partial charge in [0.1, 0.15) is 11.5 Å². The predicted molar refractivity (Wildman–Crippen MR) is 106 cm³/mol. The summed E-state index contributed by atoms with van der Waals surface area (Å²) in [5, 5.41) is 21.5. The van der Waals surface area contributed by atoms with Gasteiger partial charge in [0.15, 0.2) is 0 Å². The molecule has 1 atom stereocenters. The van der Waals surface area contributed by atoms with Gasteiger partial charge in [0, 0.05) is 17.0 Å². The normalized spacial score (nSPS) is 12.9. The minimum absolute atomic E-state index is 0.0972. The standard InChI is InChI=1S/C23H30O2/c1-7-8-9-16(4)21(19-12-14(2)10-17(5)22(19)24)20-13-15(3)11-18(6)23(20)25/h8-13,16,21,24-25H,7H2,1-6H3. The van der Waals surface area contributed by atoms with Crippen LogP contribution in [0.25, 0.3) is 0 Å². The van der Waals surface area contributed by atoms with E-state index < -0.39 is 0 Å². The number of hydrogen-bond acceptors (Lipinski definition) is 2. The maximum atomic E-state index is 10.8. The summed E-state index contributed by atoms with van der Waals surface area (Å²) >= 11 is 0. The van der Waals surface area contributed by atoms with E-state index in [1.54, 1.807) is 0 Å². The van der Waals surface area contributed by atoms with Crippen LogP contribution in [0.15, 0.2) is 36.4 Å². The van der Waals surface area contributed by atoms with Crippen molar-refractivity contribution in [2.75, 3.05) is 0 Å². The molecule has 2 heteroatoms. The van der Waals surface area contributed by atoms with Crippen molar-refractivity contribution in [3.8, 4) is 11.5 Å². The zero-order chi connectivity index (χ0) is 18.7. The molecule has 0 aromatic heterocycles. The lowest BCUT2D eigenvalue weighted by Gasteiger charge is -2.26. The maximum absolute atomic E-state index is 10.8. The van der Waals surface area contributed by atoms with Crippen molar-refractivity contribution in [2.24, 2.45) is 5.92 Å². The maximum Gasteiger partial charge on any atom is 0.122 e. The van der Waals surface area contributed by atoms with Crippen LogP contribution in [0.2, 0.25) is 0 Å². The van der Waals surface area contributed by atoms with Gasteiger partial charge in [-0.25, -0.2) is 0 Å². The Labute approximate surface area is 151 Å². The van der Waals surface area contributed by atoms with Crippen molar-refractivity contribution >= 4 is 0 Å². The van der Waals surface area contributed by atoms with Gasteiger partial charge in [0.05, 0.1) is 0 Å². The molecule has 0 radical (unpaired) electrons. The second kappa shape index (κ2) is 7.77. The van der Waals surface area contributed by atoms with Gasteiger partial charge in [-0.05, 0) is 51.2 Å². The molecule has 0 amide bonds. The minimum atomic E-state index is -0.0972. The molecule has 2 N–H and O–H groups in total. The molecule has 2 rings (SSSR count). The summed E-state index contributed by atoms with van der Waals surface area (Å²) in [5.41, 5.74) is 5.74. The number of phenolic OH excluding ortho intramolecular Hbond substituents is 2. The average molecular weight is 338 g/mol. The SMILES string of the molecule is CCC=CC(C)C(c1cc(C)cc(C)c1O)c1cc(C)cc(C)c1O. The number of phenols is 2. The highest BCUT2D eigenvalue weighted by atomic mass is 16.3. The second-order valence-corrected chi connectivity index (χ2v) is 7.21. The van der Waals surface area contributed by atoms with Gasteiger partial charge in [-0.2, -0.15) is 0 Å². The first-order valence-corrected chi connectivity index (χ1v) is 9.03. The van der Waals surface area contributed by atoms with Crippen LogP contribution < -0.4 is 0 Å². The molecule has 0 aliphatic rings. The van der Waals surface area contributed by atoms with Crippen LogP contribution in [0.1, 0.15) is 59.6 Å². The number of rotatable bonds is 5. The smallest absolute Gasteiger partial charge is 0.122 e. The van der Waals surface area contributed by atoms with E-state index in [0.29, 0.717) is 11.5 Å². The van der Waals surface area contributed by atoms with Gasteiger partial charge in [-0.1, -0.05) is 61.4 Å². The van der Waals surface area contributed by atoms with Gasteiger partial charge < -0.3 is 10.2 Å². The number of benzene rings is 2. The highest BCUT2D eigenvalue weighted by molar-refractivity contribution is 5.54. The molecule has 2 aromatic carbocycles. The highest BCUT2D eigenvalue weighted by Gasteiger charge is 2.27. The van der Waals surface area contributed by atoms with Crippen molar-refractivity contribution in [3.05, 3.63) is 69.8 Å². The molecule has 25 heavy (non-hydrogen) atoms. The van der Waals surface area contributed by atoms with Crippen LogP contribution in [-0.4, -0.2) is 10.2 Å². The zero-order valence-electron chi connectivity index (χ0n) is 16.2. The summed E-state index contributed by atoms with van der Waals surface area (Å²) in [5.74, 6) is 0.705. The van der Waals surface area contributed by atoms with Gasteiger partial charge in [0.25, 0.3) is 0 Å². The fraction of sp³-hybridized carbons (Fsp3) is 0.391. The molecule has 2 aromatic rings. The lowest BCUT2D eigenvalue weighted by Crippen LogP contribution is -2.12. The molecule has 2 nitrogen and oxygen atoms in total. The lowest BCUT2D eigenvalue weighted by atomic mass is 9.78. The molecule has 0 aliphatic heterocycles. The Hall–Kier alpha value is -2.22. The van der Waals surface area contributed by atoms with Gasteiger partial charge in [0.2, 0.25) is 0 Å². The molecule has 0 fully saturated rings. The third kappa shape index (κ3) is 4.07. The van der Waals surface area contributed by atoms with E-state index in [2.05, 4.69) is 26.0 Å². The topological polar surface area (TPSA) is 40.5 Å². The quantitative estimate of drug-likeness (QED) is 0.650.